The molecule has 0 heterocycles. The van der Waals surface area contributed by atoms with Crippen molar-refractivity contribution < 1.29 is 4.79 Å². The molecule has 0 aromatic heterocycles. The van der Waals surface area contributed by atoms with Gasteiger partial charge in [-0.1, -0.05) is 19.9 Å². The van der Waals surface area contributed by atoms with Crippen molar-refractivity contribution in [3.8, 4) is 0 Å². The molecule has 1 atom stereocenters. The van der Waals surface area contributed by atoms with E-state index < -0.39 is 0 Å². The Bertz CT molecular complexity index is 404. The summed E-state index contributed by atoms with van der Waals surface area (Å²) < 4.78 is 1.15. The lowest BCUT2D eigenvalue weighted by Crippen LogP contribution is -2.33. The molecule has 1 aromatic carbocycles. The molecule has 1 rings (SSSR count). The zero-order valence-electron chi connectivity index (χ0n) is 10.5. The quantitative estimate of drug-likeness (QED) is 0.824. The predicted molar refractivity (Wildman–Crippen MR) is 79.9 cm³/mol. The molecule has 94 valence electrons. The molecule has 0 fully saturated rings. The van der Waals surface area contributed by atoms with Gasteiger partial charge in [-0.15, -0.1) is 0 Å². The summed E-state index contributed by atoms with van der Waals surface area (Å²) >= 11 is 2.26. The van der Waals surface area contributed by atoms with Crippen molar-refractivity contribution >= 4 is 34.2 Å². The van der Waals surface area contributed by atoms with Crippen LogP contribution in [-0.2, 0) is 4.79 Å². The third-order valence-electron chi connectivity index (χ3n) is 2.92. The zero-order valence-corrected chi connectivity index (χ0v) is 12.6. The summed E-state index contributed by atoms with van der Waals surface area (Å²) in [6, 6.07) is 5.88. The molecule has 3 N–H and O–H groups in total. The minimum Gasteiger partial charge on any atom is -0.330 e. The van der Waals surface area contributed by atoms with Crippen molar-refractivity contribution in [3.63, 3.8) is 0 Å². The van der Waals surface area contributed by atoms with Crippen LogP contribution in [0.25, 0.3) is 0 Å². The van der Waals surface area contributed by atoms with E-state index in [4.69, 9.17) is 5.73 Å². The summed E-state index contributed by atoms with van der Waals surface area (Å²) in [5.74, 6) is 0.128. The molecule has 0 aliphatic carbocycles. The van der Waals surface area contributed by atoms with Gasteiger partial charge in [-0.25, -0.2) is 0 Å². The number of carbonyl (C=O) groups is 1. The third-order valence-corrected chi connectivity index (χ3v) is 4.09. The van der Waals surface area contributed by atoms with Gasteiger partial charge in [-0.2, -0.15) is 0 Å². The van der Waals surface area contributed by atoms with Gasteiger partial charge in [0.2, 0.25) is 5.91 Å². The maximum atomic E-state index is 12.1. The first-order valence-corrected chi connectivity index (χ1v) is 6.81. The van der Waals surface area contributed by atoms with Crippen LogP contribution in [-0.4, -0.2) is 12.5 Å². The van der Waals surface area contributed by atoms with Crippen LogP contribution in [0.2, 0.25) is 0 Å². The molecule has 0 saturated heterocycles. The lowest BCUT2D eigenvalue weighted by molar-refractivity contribution is -0.120. The SMILES string of the molecule is Cc1c(I)cccc1NC(=O)C(CN)C(C)C. The van der Waals surface area contributed by atoms with E-state index in [1.807, 2.05) is 39.0 Å². The topological polar surface area (TPSA) is 55.1 Å². The average Bonchev–Trinajstić information content (AvgIpc) is 2.25. The van der Waals surface area contributed by atoms with Crippen LogP contribution in [0.1, 0.15) is 19.4 Å². The van der Waals surface area contributed by atoms with E-state index in [1.165, 1.54) is 0 Å². The number of hydrogen-bond donors (Lipinski definition) is 2. The maximum absolute atomic E-state index is 12.1. The highest BCUT2D eigenvalue weighted by Crippen LogP contribution is 2.21. The number of nitrogens with one attached hydrogen (secondary N) is 1. The summed E-state index contributed by atoms with van der Waals surface area (Å²) in [6.45, 7) is 6.41. The Morgan fingerprint density at radius 3 is 2.65 bits per heavy atom. The van der Waals surface area contributed by atoms with Crippen molar-refractivity contribution in [1.82, 2.24) is 0 Å². The fourth-order valence-corrected chi connectivity index (χ4v) is 2.15. The number of anilines is 1. The fraction of sp³-hybridized carbons (Fsp3) is 0.462. The molecule has 1 amide bonds. The Kier molecular flexibility index (Phi) is 5.39. The average molecular weight is 346 g/mol. The molecule has 1 unspecified atom stereocenters. The van der Waals surface area contributed by atoms with E-state index in [1.54, 1.807) is 0 Å². The van der Waals surface area contributed by atoms with Crippen molar-refractivity contribution in [3.05, 3.63) is 27.3 Å². The van der Waals surface area contributed by atoms with Gasteiger partial charge in [0.05, 0.1) is 5.92 Å². The van der Waals surface area contributed by atoms with Crippen molar-refractivity contribution in [2.45, 2.75) is 20.8 Å². The number of amides is 1. The second kappa shape index (κ2) is 6.35. The maximum Gasteiger partial charge on any atom is 0.229 e. The second-order valence-corrected chi connectivity index (χ2v) is 5.65. The molecule has 0 spiro atoms. The molecule has 0 aliphatic rings. The van der Waals surface area contributed by atoms with E-state index in [0.717, 1.165) is 14.8 Å². The Morgan fingerprint density at radius 2 is 2.12 bits per heavy atom. The summed E-state index contributed by atoms with van der Waals surface area (Å²) in [6.07, 6.45) is 0. The lowest BCUT2D eigenvalue weighted by atomic mass is 9.95. The van der Waals surface area contributed by atoms with Gasteiger partial charge in [0.15, 0.2) is 0 Å². The number of rotatable bonds is 4. The van der Waals surface area contributed by atoms with Crippen LogP contribution in [0, 0.1) is 22.3 Å². The van der Waals surface area contributed by atoms with Gasteiger partial charge in [-0.05, 0) is 53.1 Å². The summed E-state index contributed by atoms with van der Waals surface area (Å²) in [7, 11) is 0. The normalized spacial score (nSPS) is 12.6. The molecule has 0 radical (unpaired) electrons. The highest BCUT2D eigenvalue weighted by Gasteiger charge is 2.21. The van der Waals surface area contributed by atoms with Gasteiger partial charge < -0.3 is 11.1 Å². The molecule has 4 heteroatoms. The highest BCUT2D eigenvalue weighted by molar-refractivity contribution is 14.1. The first-order valence-electron chi connectivity index (χ1n) is 5.73. The number of halogens is 1. The van der Waals surface area contributed by atoms with E-state index >= 15 is 0 Å². The van der Waals surface area contributed by atoms with Crippen molar-refractivity contribution in [2.75, 3.05) is 11.9 Å². The minimum atomic E-state index is -0.132. The van der Waals surface area contributed by atoms with E-state index in [-0.39, 0.29) is 17.7 Å². The largest absolute Gasteiger partial charge is 0.330 e. The molecular formula is C13H19IN2O. The van der Waals surface area contributed by atoms with Crippen LogP contribution in [0.3, 0.4) is 0 Å². The molecule has 0 aliphatic heterocycles. The third kappa shape index (κ3) is 3.67. The smallest absolute Gasteiger partial charge is 0.229 e. The molecular weight excluding hydrogens is 327 g/mol. The number of hydrogen-bond acceptors (Lipinski definition) is 2. The Morgan fingerprint density at radius 1 is 1.47 bits per heavy atom. The molecule has 1 aromatic rings. The Hall–Kier alpha value is -0.620. The Labute approximate surface area is 116 Å². The van der Waals surface area contributed by atoms with Crippen LogP contribution < -0.4 is 11.1 Å². The van der Waals surface area contributed by atoms with Crippen molar-refractivity contribution in [1.29, 1.82) is 0 Å². The first-order chi connectivity index (χ1) is 7.97. The van der Waals surface area contributed by atoms with Gasteiger partial charge in [-0.3, -0.25) is 4.79 Å². The molecule has 3 nitrogen and oxygen atoms in total. The van der Waals surface area contributed by atoms with E-state index in [9.17, 15) is 4.79 Å². The number of benzene rings is 1. The fourth-order valence-electron chi connectivity index (χ4n) is 1.65. The van der Waals surface area contributed by atoms with Gasteiger partial charge in [0, 0.05) is 15.8 Å². The van der Waals surface area contributed by atoms with Crippen LogP contribution >= 0.6 is 22.6 Å². The second-order valence-electron chi connectivity index (χ2n) is 4.49. The first kappa shape index (κ1) is 14.4. The van der Waals surface area contributed by atoms with Gasteiger partial charge >= 0.3 is 0 Å². The van der Waals surface area contributed by atoms with Crippen LogP contribution in [0.5, 0.6) is 0 Å². The summed E-state index contributed by atoms with van der Waals surface area (Å²) in [5.41, 5.74) is 7.61. The number of nitrogens with two attached hydrogens (primary N) is 1. The lowest BCUT2D eigenvalue weighted by Gasteiger charge is -2.19. The summed E-state index contributed by atoms with van der Waals surface area (Å²) in [5, 5.41) is 2.96. The number of carbonyl (C=O) groups excluding carboxylic acids is 1. The highest BCUT2D eigenvalue weighted by atomic mass is 127. The van der Waals surface area contributed by atoms with Crippen LogP contribution in [0.4, 0.5) is 5.69 Å². The predicted octanol–water partition coefficient (Wildman–Crippen LogP) is 2.77. The van der Waals surface area contributed by atoms with E-state index in [0.29, 0.717) is 6.54 Å². The van der Waals surface area contributed by atoms with E-state index in [2.05, 4.69) is 27.9 Å². The monoisotopic (exact) mass is 346 g/mol. The van der Waals surface area contributed by atoms with Crippen molar-refractivity contribution in [2.24, 2.45) is 17.6 Å². The molecule has 0 bridgehead atoms. The van der Waals surface area contributed by atoms with Gasteiger partial charge in [0.1, 0.15) is 0 Å². The zero-order chi connectivity index (χ0) is 13.0. The minimum absolute atomic E-state index is 0.00704. The Balaban J connectivity index is 2.84. The summed E-state index contributed by atoms with van der Waals surface area (Å²) in [4.78, 5) is 12.1. The standard InChI is InChI=1S/C13H19IN2O/c1-8(2)10(7-15)13(17)16-12-6-4-5-11(14)9(12)3/h4-6,8,10H,7,15H2,1-3H3,(H,16,17). The van der Waals surface area contributed by atoms with Crippen LogP contribution in [0.15, 0.2) is 18.2 Å². The van der Waals surface area contributed by atoms with Gasteiger partial charge in [0.25, 0.3) is 0 Å². The molecule has 17 heavy (non-hydrogen) atoms. The molecule has 0 saturated carbocycles.